The summed E-state index contributed by atoms with van der Waals surface area (Å²) in [7, 11) is 0. The molecule has 3 saturated heterocycles. The van der Waals surface area contributed by atoms with E-state index in [-0.39, 0.29) is 11.9 Å². The van der Waals surface area contributed by atoms with E-state index in [1.165, 1.54) is 24.1 Å². The molecule has 4 nitrogen and oxygen atoms in total. The van der Waals surface area contributed by atoms with Gasteiger partial charge in [0, 0.05) is 12.8 Å². The Kier molecular flexibility index (Phi) is 2.42. The van der Waals surface area contributed by atoms with Crippen LogP contribution in [0.4, 0.5) is 0 Å². The van der Waals surface area contributed by atoms with Gasteiger partial charge >= 0.3 is 0 Å². The third-order valence-electron chi connectivity index (χ3n) is 4.93. The number of amides is 1. The first-order valence-electron chi connectivity index (χ1n) is 7.23. The maximum Gasteiger partial charge on any atom is 0.240 e. The molecule has 3 fully saturated rings. The molecular formula is C15H19N3O. The van der Waals surface area contributed by atoms with Crippen LogP contribution in [0.1, 0.15) is 26.2 Å². The van der Waals surface area contributed by atoms with Gasteiger partial charge in [0.15, 0.2) is 0 Å². The summed E-state index contributed by atoms with van der Waals surface area (Å²) in [6.45, 7) is 3.96. The molecule has 4 aliphatic heterocycles. The predicted molar refractivity (Wildman–Crippen MR) is 73.7 cm³/mol. The maximum atomic E-state index is 11.9. The van der Waals surface area contributed by atoms with Crippen LogP contribution in [0.25, 0.3) is 0 Å². The Hall–Kier alpha value is -1.42. The molecule has 5 rings (SSSR count). The quantitative estimate of drug-likeness (QED) is 0.714. The fourth-order valence-corrected chi connectivity index (χ4v) is 4.03. The lowest BCUT2D eigenvalue weighted by atomic mass is 9.78. The average molecular weight is 257 g/mol. The lowest BCUT2D eigenvalue weighted by Gasteiger charge is -2.46. The Morgan fingerprint density at radius 1 is 1.32 bits per heavy atom. The first-order chi connectivity index (χ1) is 9.25. The van der Waals surface area contributed by atoms with E-state index in [0.29, 0.717) is 12.0 Å². The van der Waals surface area contributed by atoms with E-state index in [1.54, 1.807) is 11.9 Å². The van der Waals surface area contributed by atoms with E-state index < -0.39 is 0 Å². The monoisotopic (exact) mass is 257 g/mol. The first kappa shape index (κ1) is 11.4. The first-order valence-corrected chi connectivity index (χ1v) is 7.23. The van der Waals surface area contributed by atoms with Crippen molar-refractivity contribution in [1.82, 2.24) is 9.91 Å². The number of hydrazone groups is 1. The standard InChI is InChI=1S/C15H19N3O/c1-10(19)18-14(12-4-2-3-5-12)15-13(16-18)11-6-8-17(15)9-7-11/h2-4,11,14-15H,5-9H2,1H3. The van der Waals surface area contributed by atoms with E-state index in [4.69, 9.17) is 5.10 Å². The highest BCUT2D eigenvalue weighted by molar-refractivity contribution is 5.97. The average Bonchev–Trinajstić information content (AvgIpc) is 3.07. The third kappa shape index (κ3) is 1.56. The number of rotatable bonds is 1. The van der Waals surface area contributed by atoms with Crippen molar-refractivity contribution in [3.8, 4) is 0 Å². The number of allylic oxidation sites excluding steroid dienone is 3. The van der Waals surface area contributed by atoms with E-state index in [9.17, 15) is 4.79 Å². The number of hydrogen-bond donors (Lipinski definition) is 0. The lowest BCUT2D eigenvalue weighted by molar-refractivity contribution is -0.130. The number of nitrogens with zero attached hydrogens (tertiary/aromatic N) is 3. The normalized spacial score (nSPS) is 39.3. The van der Waals surface area contributed by atoms with Gasteiger partial charge in [-0.25, -0.2) is 5.01 Å². The predicted octanol–water partition coefficient (Wildman–Crippen LogP) is 1.55. The molecule has 19 heavy (non-hydrogen) atoms. The molecule has 0 aromatic rings. The van der Waals surface area contributed by atoms with Gasteiger partial charge in [0.1, 0.15) is 0 Å². The Bertz CT molecular complexity index is 511. The molecule has 0 aromatic carbocycles. The summed E-state index contributed by atoms with van der Waals surface area (Å²) in [6.07, 6.45) is 9.83. The molecule has 1 amide bonds. The molecule has 0 spiro atoms. The molecule has 0 saturated carbocycles. The van der Waals surface area contributed by atoms with Gasteiger partial charge in [-0.2, -0.15) is 5.10 Å². The van der Waals surface area contributed by atoms with Crippen LogP contribution in [0, 0.1) is 5.92 Å². The second kappa shape index (κ2) is 4.04. The molecule has 4 heterocycles. The zero-order chi connectivity index (χ0) is 13.0. The van der Waals surface area contributed by atoms with Crippen LogP contribution in [-0.4, -0.2) is 46.7 Å². The van der Waals surface area contributed by atoms with Gasteiger partial charge in [-0.15, -0.1) is 0 Å². The lowest BCUT2D eigenvalue weighted by Crippen LogP contribution is -2.59. The molecule has 5 aliphatic rings. The van der Waals surface area contributed by atoms with Gasteiger partial charge in [0.05, 0.1) is 17.8 Å². The van der Waals surface area contributed by atoms with E-state index in [1.807, 2.05) is 0 Å². The van der Waals surface area contributed by atoms with Crippen molar-refractivity contribution in [3.05, 3.63) is 23.8 Å². The van der Waals surface area contributed by atoms with Crippen LogP contribution in [0.15, 0.2) is 28.9 Å². The fourth-order valence-electron chi connectivity index (χ4n) is 4.03. The van der Waals surface area contributed by atoms with Gasteiger partial charge in [0.25, 0.3) is 0 Å². The Morgan fingerprint density at radius 2 is 2.11 bits per heavy atom. The third-order valence-corrected chi connectivity index (χ3v) is 4.93. The summed E-state index contributed by atoms with van der Waals surface area (Å²) in [6, 6.07) is 0.494. The molecule has 4 heteroatoms. The van der Waals surface area contributed by atoms with Crippen LogP contribution in [0.3, 0.4) is 0 Å². The van der Waals surface area contributed by atoms with E-state index in [0.717, 1.165) is 19.5 Å². The van der Waals surface area contributed by atoms with Crippen molar-refractivity contribution in [2.75, 3.05) is 13.1 Å². The molecule has 0 radical (unpaired) electrons. The fraction of sp³-hybridized carbons (Fsp3) is 0.600. The summed E-state index contributed by atoms with van der Waals surface area (Å²) in [5.41, 5.74) is 2.61. The topological polar surface area (TPSA) is 35.9 Å². The number of fused-ring (bicyclic) bond motifs is 2. The van der Waals surface area contributed by atoms with Gasteiger partial charge in [-0.05, 0) is 37.9 Å². The SMILES string of the molecule is CC(=O)N1N=C2C3CCN(CC3)C2C1C1=CC=CC1. The van der Waals surface area contributed by atoms with Gasteiger partial charge in [-0.3, -0.25) is 9.69 Å². The van der Waals surface area contributed by atoms with Crippen LogP contribution in [0.2, 0.25) is 0 Å². The largest absolute Gasteiger partial charge is 0.293 e. The summed E-state index contributed by atoms with van der Waals surface area (Å²) in [5, 5.41) is 6.45. The smallest absolute Gasteiger partial charge is 0.240 e. The molecule has 0 N–H and O–H groups in total. The minimum Gasteiger partial charge on any atom is -0.293 e. The zero-order valence-corrected chi connectivity index (χ0v) is 11.2. The summed E-state index contributed by atoms with van der Waals surface area (Å²) < 4.78 is 0. The highest BCUT2D eigenvalue weighted by Crippen LogP contribution is 2.40. The van der Waals surface area contributed by atoms with Crippen LogP contribution in [-0.2, 0) is 4.79 Å². The molecule has 2 bridgehead atoms. The molecule has 0 aromatic heterocycles. The van der Waals surface area contributed by atoms with Crippen LogP contribution < -0.4 is 0 Å². The van der Waals surface area contributed by atoms with Gasteiger partial charge in [-0.1, -0.05) is 18.2 Å². The summed E-state index contributed by atoms with van der Waals surface area (Å²) in [5.74, 6) is 0.678. The maximum absolute atomic E-state index is 11.9. The minimum atomic E-state index is 0.0697. The number of hydrogen-bond acceptors (Lipinski definition) is 3. The molecule has 2 unspecified atom stereocenters. The van der Waals surface area contributed by atoms with Crippen molar-refractivity contribution in [2.24, 2.45) is 11.0 Å². The minimum absolute atomic E-state index is 0.0697. The van der Waals surface area contributed by atoms with E-state index in [2.05, 4.69) is 23.1 Å². The van der Waals surface area contributed by atoms with Gasteiger partial charge < -0.3 is 0 Å². The summed E-state index contributed by atoms with van der Waals surface area (Å²) in [4.78, 5) is 14.5. The highest BCUT2D eigenvalue weighted by atomic mass is 16.2. The van der Waals surface area contributed by atoms with Crippen molar-refractivity contribution in [2.45, 2.75) is 38.3 Å². The summed E-state index contributed by atoms with van der Waals surface area (Å²) >= 11 is 0. The molecule has 100 valence electrons. The number of carbonyl (C=O) groups is 1. The van der Waals surface area contributed by atoms with Crippen LogP contribution >= 0.6 is 0 Å². The second-order valence-electron chi connectivity index (χ2n) is 5.96. The van der Waals surface area contributed by atoms with Gasteiger partial charge in [0.2, 0.25) is 5.91 Å². The van der Waals surface area contributed by atoms with Crippen molar-refractivity contribution < 1.29 is 4.79 Å². The second-order valence-corrected chi connectivity index (χ2v) is 5.96. The Balaban J connectivity index is 1.74. The van der Waals surface area contributed by atoms with Crippen LogP contribution in [0.5, 0.6) is 0 Å². The number of piperidine rings is 3. The number of carbonyl (C=O) groups excluding carboxylic acids is 1. The molecule has 1 aliphatic carbocycles. The van der Waals surface area contributed by atoms with Crippen molar-refractivity contribution in [3.63, 3.8) is 0 Å². The van der Waals surface area contributed by atoms with E-state index >= 15 is 0 Å². The van der Waals surface area contributed by atoms with Crippen molar-refractivity contribution >= 4 is 11.6 Å². The molecule has 2 atom stereocenters. The zero-order valence-electron chi connectivity index (χ0n) is 11.2. The van der Waals surface area contributed by atoms with Crippen molar-refractivity contribution in [1.29, 1.82) is 0 Å². The highest BCUT2D eigenvalue weighted by Gasteiger charge is 2.51. The molecular weight excluding hydrogens is 238 g/mol. The Morgan fingerprint density at radius 3 is 2.74 bits per heavy atom. The Labute approximate surface area is 113 Å².